The van der Waals surface area contributed by atoms with Crippen LogP contribution in [0.2, 0.25) is 5.02 Å². The molecule has 0 radical (unpaired) electrons. The van der Waals surface area contributed by atoms with Gasteiger partial charge in [-0.05, 0) is 49.3 Å². The van der Waals surface area contributed by atoms with Crippen LogP contribution in [0.4, 0.5) is 0 Å². The minimum atomic E-state index is -0.548. The van der Waals surface area contributed by atoms with Crippen LogP contribution in [0.5, 0.6) is 5.88 Å². The fourth-order valence-electron chi connectivity index (χ4n) is 4.62. The molecule has 8 nitrogen and oxygen atoms in total. The molecule has 3 heterocycles. The smallest absolute Gasteiger partial charge is 0.270 e. The maximum Gasteiger partial charge on any atom is 0.270 e. The molecule has 0 aliphatic heterocycles. The van der Waals surface area contributed by atoms with Crippen molar-refractivity contribution in [1.29, 1.82) is 0 Å². The highest BCUT2D eigenvalue weighted by Crippen LogP contribution is 2.56. The van der Waals surface area contributed by atoms with E-state index in [0.29, 0.717) is 27.8 Å². The van der Waals surface area contributed by atoms with E-state index in [1.807, 2.05) is 0 Å². The lowest BCUT2D eigenvalue weighted by Crippen LogP contribution is -2.58. The lowest BCUT2D eigenvalue weighted by atomic mass is 9.53. The van der Waals surface area contributed by atoms with Crippen LogP contribution in [0.3, 0.4) is 0 Å². The highest BCUT2D eigenvalue weighted by molar-refractivity contribution is 6.30. The largest absolute Gasteiger partial charge is 0.474 e. The second-order valence-corrected chi connectivity index (χ2v) is 8.60. The number of nitrogens with two attached hydrogens (primary N) is 1. The summed E-state index contributed by atoms with van der Waals surface area (Å²) in [4.78, 5) is 32.5. The number of nitrogens with one attached hydrogen (secondary N) is 1. The van der Waals surface area contributed by atoms with Crippen molar-refractivity contribution in [2.75, 3.05) is 0 Å². The molecule has 2 amide bonds. The molecule has 3 aromatic heterocycles. The van der Waals surface area contributed by atoms with Gasteiger partial charge in [-0.15, -0.1) is 0 Å². The highest BCUT2D eigenvalue weighted by atomic mass is 35.5. The van der Waals surface area contributed by atoms with Crippen molar-refractivity contribution in [2.24, 2.45) is 11.1 Å². The summed E-state index contributed by atoms with van der Waals surface area (Å²) >= 11 is 5.97. The van der Waals surface area contributed by atoms with E-state index < -0.39 is 5.91 Å². The summed E-state index contributed by atoms with van der Waals surface area (Å²) in [5.41, 5.74) is 7.00. The van der Waals surface area contributed by atoms with Gasteiger partial charge >= 0.3 is 0 Å². The molecule has 154 valence electrons. The predicted molar refractivity (Wildman–Crippen MR) is 110 cm³/mol. The first-order valence-corrected chi connectivity index (χ1v) is 10.2. The summed E-state index contributed by atoms with van der Waals surface area (Å²) in [5.74, 6) is -0.397. The Morgan fingerprint density at radius 3 is 2.80 bits per heavy atom. The molecule has 2 aliphatic rings. The van der Waals surface area contributed by atoms with Crippen molar-refractivity contribution in [3.05, 3.63) is 59.1 Å². The number of aromatic nitrogens is 3. The van der Waals surface area contributed by atoms with Crippen molar-refractivity contribution in [1.82, 2.24) is 19.7 Å². The molecule has 3 N–H and O–H groups in total. The zero-order valence-electron chi connectivity index (χ0n) is 16.0. The van der Waals surface area contributed by atoms with Gasteiger partial charge in [0.25, 0.3) is 11.8 Å². The van der Waals surface area contributed by atoms with E-state index in [0.717, 1.165) is 25.7 Å². The third kappa shape index (κ3) is 3.27. The number of carbonyl (C=O) groups is 2. The Balaban J connectivity index is 1.15. The molecule has 2 aliphatic carbocycles. The SMILES string of the molecule is NC(=O)c1cccnc1O[C@H]1CC2(C[C@H](NC(=O)c3cnc4cc(Cl)ccn34)C2)C1. The van der Waals surface area contributed by atoms with Gasteiger partial charge in [0.1, 0.15) is 23.0 Å². The average molecular weight is 426 g/mol. The summed E-state index contributed by atoms with van der Waals surface area (Å²) in [6.45, 7) is 0. The van der Waals surface area contributed by atoms with Crippen molar-refractivity contribution in [3.8, 4) is 5.88 Å². The number of pyridine rings is 2. The van der Waals surface area contributed by atoms with E-state index in [-0.39, 0.29) is 23.5 Å². The number of nitrogens with zero attached hydrogens (tertiary/aromatic N) is 3. The standard InChI is InChI=1S/C21H20ClN5O3/c22-12-3-5-27-16(11-25-17(27)6-12)19(29)26-13-7-21(8-13)9-14(10-21)30-20-15(18(23)28)2-1-4-24-20/h1-6,11,13-14H,7-10H2,(H2,23,28)(H,26,29)/t13-,14-,21?. The number of rotatable bonds is 5. The fraction of sp³-hybridized carbons (Fsp3) is 0.333. The van der Waals surface area contributed by atoms with E-state index >= 15 is 0 Å². The van der Waals surface area contributed by atoms with Gasteiger partial charge in [0.05, 0.1) is 6.20 Å². The molecule has 1 spiro atoms. The van der Waals surface area contributed by atoms with Gasteiger partial charge in [-0.25, -0.2) is 9.97 Å². The molecular formula is C21H20ClN5O3. The minimum Gasteiger partial charge on any atom is -0.474 e. The molecule has 0 bridgehead atoms. The van der Waals surface area contributed by atoms with Gasteiger partial charge in [-0.1, -0.05) is 11.6 Å². The number of hydrogen-bond acceptors (Lipinski definition) is 5. The van der Waals surface area contributed by atoms with Crippen molar-refractivity contribution < 1.29 is 14.3 Å². The number of imidazole rings is 1. The normalized spacial score (nSPS) is 24.8. The maximum atomic E-state index is 12.7. The molecule has 0 saturated heterocycles. The average Bonchev–Trinajstić information content (AvgIpc) is 3.07. The zero-order chi connectivity index (χ0) is 20.9. The molecule has 3 aromatic rings. The zero-order valence-corrected chi connectivity index (χ0v) is 16.8. The first-order chi connectivity index (χ1) is 14.4. The first kappa shape index (κ1) is 18.9. The third-order valence-electron chi connectivity index (χ3n) is 6.04. The molecule has 5 rings (SSSR count). The Labute approximate surface area is 177 Å². The Bertz CT molecular complexity index is 1150. The number of halogens is 1. The summed E-state index contributed by atoms with van der Waals surface area (Å²) in [6, 6.07) is 6.85. The van der Waals surface area contributed by atoms with Gasteiger partial charge in [0, 0.05) is 29.5 Å². The second-order valence-electron chi connectivity index (χ2n) is 8.16. The van der Waals surface area contributed by atoms with E-state index in [1.54, 1.807) is 47.3 Å². The Kier molecular flexibility index (Phi) is 4.39. The van der Waals surface area contributed by atoms with Crippen LogP contribution in [0, 0.1) is 5.41 Å². The van der Waals surface area contributed by atoms with Crippen LogP contribution in [0.25, 0.3) is 5.65 Å². The fourth-order valence-corrected chi connectivity index (χ4v) is 4.78. The summed E-state index contributed by atoms with van der Waals surface area (Å²) < 4.78 is 7.61. The Hall–Kier alpha value is -3.13. The minimum absolute atomic E-state index is 0.0122. The number of amides is 2. The van der Waals surface area contributed by atoms with E-state index in [1.165, 1.54) is 0 Å². The van der Waals surface area contributed by atoms with E-state index in [2.05, 4.69) is 15.3 Å². The number of hydrogen-bond donors (Lipinski definition) is 2. The van der Waals surface area contributed by atoms with Crippen LogP contribution in [0.15, 0.2) is 42.9 Å². The van der Waals surface area contributed by atoms with Gasteiger partial charge < -0.3 is 15.8 Å². The van der Waals surface area contributed by atoms with Gasteiger partial charge in [-0.3, -0.25) is 14.0 Å². The van der Waals surface area contributed by atoms with Crippen LogP contribution < -0.4 is 15.8 Å². The van der Waals surface area contributed by atoms with Gasteiger partial charge in [0.2, 0.25) is 5.88 Å². The first-order valence-electron chi connectivity index (χ1n) is 9.77. The predicted octanol–water partition coefficient (Wildman–Crippen LogP) is 2.60. The number of primary amides is 1. The van der Waals surface area contributed by atoms with Crippen molar-refractivity contribution in [3.63, 3.8) is 0 Å². The lowest BCUT2D eigenvalue weighted by Gasteiger charge is -2.57. The topological polar surface area (TPSA) is 112 Å². The van der Waals surface area contributed by atoms with Crippen LogP contribution in [0.1, 0.15) is 46.5 Å². The molecule has 2 saturated carbocycles. The molecule has 9 heteroatoms. The van der Waals surface area contributed by atoms with Crippen molar-refractivity contribution >= 4 is 29.1 Å². The van der Waals surface area contributed by atoms with E-state index in [4.69, 9.17) is 22.1 Å². The summed E-state index contributed by atoms with van der Waals surface area (Å²) in [5, 5.41) is 3.67. The Morgan fingerprint density at radius 2 is 2.03 bits per heavy atom. The Morgan fingerprint density at radius 1 is 1.23 bits per heavy atom. The van der Waals surface area contributed by atoms with Gasteiger partial charge in [-0.2, -0.15) is 0 Å². The number of ether oxygens (including phenoxy) is 1. The molecule has 2 fully saturated rings. The van der Waals surface area contributed by atoms with E-state index in [9.17, 15) is 9.59 Å². The van der Waals surface area contributed by atoms with Crippen LogP contribution in [-0.2, 0) is 0 Å². The quantitative estimate of drug-likeness (QED) is 0.652. The summed E-state index contributed by atoms with van der Waals surface area (Å²) in [6.07, 6.45) is 8.47. The molecule has 0 aromatic carbocycles. The second kappa shape index (κ2) is 6.98. The molecular weight excluding hydrogens is 406 g/mol. The highest BCUT2D eigenvalue weighted by Gasteiger charge is 2.54. The van der Waals surface area contributed by atoms with Crippen LogP contribution in [-0.4, -0.2) is 38.3 Å². The summed E-state index contributed by atoms with van der Waals surface area (Å²) in [7, 11) is 0. The maximum absolute atomic E-state index is 12.7. The number of fused-ring (bicyclic) bond motifs is 1. The molecule has 0 unspecified atom stereocenters. The van der Waals surface area contributed by atoms with Crippen LogP contribution >= 0.6 is 11.6 Å². The molecule has 30 heavy (non-hydrogen) atoms. The van der Waals surface area contributed by atoms with Crippen molar-refractivity contribution in [2.45, 2.75) is 37.8 Å². The molecule has 0 atom stereocenters. The number of carbonyl (C=O) groups excluding carboxylic acids is 2. The third-order valence-corrected chi connectivity index (χ3v) is 6.27. The monoisotopic (exact) mass is 425 g/mol. The van der Waals surface area contributed by atoms with Gasteiger partial charge in [0.15, 0.2) is 0 Å². The lowest BCUT2D eigenvalue weighted by molar-refractivity contribution is -0.0848.